The summed E-state index contributed by atoms with van der Waals surface area (Å²) in [6.45, 7) is 4.99. The van der Waals surface area contributed by atoms with Gasteiger partial charge in [0.2, 0.25) is 5.91 Å². The summed E-state index contributed by atoms with van der Waals surface area (Å²) >= 11 is 0. The molecule has 0 aliphatic carbocycles. The summed E-state index contributed by atoms with van der Waals surface area (Å²) < 4.78 is 0. The van der Waals surface area contributed by atoms with Crippen LogP contribution in [-0.4, -0.2) is 47.0 Å². The van der Waals surface area contributed by atoms with Gasteiger partial charge >= 0.3 is 6.09 Å². The lowest BCUT2D eigenvalue weighted by Gasteiger charge is -2.43. The number of carboxylic acid groups (broad SMARTS) is 1. The molecule has 1 fully saturated rings. The number of benzene rings is 3. The van der Waals surface area contributed by atoms with Gasteiger partial charge in [0.1, 0.15) is 0 Å². The molecule has 2 aliphatic rings. The summed E-state index contributed by atoms with van der Waals surface area (Å²) in [7, 11) is 0. The van der Waals surface area contributed by atoms with E-state index in [9.17, 15) is 19.5 Å². The molecule has 1 saturated heterocycles. The Hall–Kier alpha value is -4.13. The number of fused-ring (bicyclic) bond motifs is 1. The highest BCUT2D eigenvalue weighted by Crippen LogP contribution is 2.43. The Morgan fingerprint density at radius 1 is 0.897 bits per heavy atom. The zero-order valence-corrected chi connectivity index (χ0v) is 22.5. The van der Waals surface area contributed by atoms with E-state index in [4.69, 9.17) is 0 Å². The van der Waals surface area contributed by atoms with Crippen LogP contribution in [0.4, 0.5) is 16.2 Å². The molecule has 3 aromatic carbocycles. The van der Waals surface area contributed by atoms with E-state index in [2.05, 4.69) is 0 Å². The lowest BCUT2D eigenvalue weighted by atomic mass is 9.88. The average molecular weight is 526 g/mol. The van der Waals surface area contributed by atoms with Gasteiger partial charge in [-0.15, -0.1) is 0 Å². The minimum absolute atomic E-state index is 0.0535. The molecule has 0 saturated carbocycles. The summed E-state index contributed by atoms with van der Waals surface area (Å²) in [4.78, 5) is 43.5. The van der Waals surface area contributed by atoms with Crippen molar-refractivity contribution in [2.75, 3.05) is 22.9 Å². The van der Waals surface area contributed by atoms with Crippen molar-refractivity contribution in [3.05, 3.63) is 95.6 Å². The fourth-order valence-electron chi connectivity index (χ4n) is 6.03. The smallest absolute Gasteiger partial charge is 0.407 e. The Balaban J connectivity index is 1.41. The fourth-order valence-corrected chi connectivity index (χ4v) is 6.03. The molecule has 7 nitrogen and oxygen atoms in total. The summed E-state index contributed by atoms with van der Waals surface area (Å²) in [5, 5.41) is 9.22. The number of nitrogens with zero attached hydrogens (tertiary/aromatic N) is 3. The van der Waals surface area contributed by atoms with Crippen LogP contribution in [0.25, 0.3) is 0 Å². The Morgan fingerprint density at radius 3 is 2.18 bits per heavy atom. The first-order chi connectivity index (χ1) is 18.9. The van der Waals surface area contributed by atoms with Crippen LogP contribution >= 0.6 is 0 Å². The largest absolute Gasteiger partial charge is 0.465 e. The third-order valence-corrected chi connectivity index (χ3v) is 8.09. The number of carbonyl (C=O) groups is 3. The van der Waals surface area contributed by atoms with Crippen molar-refractivity contribution in [2.24, 2.45) is 0 Å². The lowest BCUT2D eigenvalue weighted by molar-refractivity contribution is -0.118. The number of amides is 3. The molecule has 0 spiro atoms. The van der Waals surface area contributed by atoms with E-state index in [-0.39, 0.29) is 23.9 Å². The molecular formula is C32H35N3O4. The number of rotatable bonds is 5. The monoisotopic (exact) mass is 525 g/mol. The van der Waals surface area contributed by atoms with E-state index in [1.165, 1.54) is 4.90 Å². The maximum Gasteiger partial charge on any atom is 0.407 e. The van der Waals surface area contributed by atoms with Crippen molar-refractivity contribution < 1.29 is 19.5 Å². The minimum Gasteiger partial charge on any atom is -0.465 e. The molecular weight excluding hydrogens is 490 g/mol. The number of para-hydroxylation sites is 2. The first-order valence-corrected chi connectivity index (χ1v) is 13.8. The third-order valence-electron chi connectivity index (χ3n) is 8.09. The van der Waals surface area contributed by atoms with Crippen molar-refractivity contribution in [3.63, 3.8) is 0 Å². The molecule has 2 atom stereocenters. The number of hydrogen-bond acceptors (Lipinski definition) is 3. The average Bonchev–Trinajstić information content (AvgIpc) is 2.97. The molecule has 3 aromatic rings. The zero-order chi connectivity index (χ0) is 27.5. The fraction of sp³-hybridized carbons (Fsp3) is 0.344. The molecule has 39 heavy (non-hydrogen) atoms. The van der Waals surface area contributed by atoms with Gasteiger partial charge in [0.25, 0.3) is 5.91 Å². The van der Waals surface area contributed by atoms with Crippen molar-refractivity contribution in [1.29, 1.82) is 0 Å². The molecule has 0 radical (unpaired) electrons. The van der Waals surface area contributed by atoms with Gasteiger partial charge in [-0.3, -0.25) is 9.59 Å². The number of piperidine rings is 1. The van der Waals surface area contributed by atoms with Crippen LogP contribution in [-0.2, 0) is 4.79 Å². The number of hydrogen-bond donors (Lipinski definition) is 1. The Kier molecular flexibility index (Phi) is 7.68. The third kappa shape index (κ3) is 5.26. The molecule has 2 heterocycles. The van der Waals surface area contributed by atoms with Crippen LogP contribution in [0.3, 0.4) is 0 Å². The predicted molar refractivity (Wildman–Crippen MR) is 152 cm³/mol. The lowest BCUT2D eigenvalue weighted by Crippen LogP contribution is -2.47. The summed E-state index contributed by atoms with van der Waals surface area (Å²) in [6.07, 6.45) is 1.73. The van der Waals surface area contributed by atoms with Gasteiger partial charge in [-0.2, -0.15) is 0 Å². The molecule has 0 unspecified atom stereocenters. The second-order valence-corrected chi connectivity index (χ2v) is 10.5. The molecule has 7 heteroatoms. The first kappa shape index (κ1) is 26.5. The molecule has 2 aliphatic heterocycles. The highest BCUT2D eigenvalue weighted by Gasteiger charge is 2.38. The van der Waals surface area contributed by atoms with E-state index in [1.807, 2.05) is 103 Å². The van der Waals surface area contributed by atoms with Crippen LogP contribution in [0.1, 0.15) is 73.0 Å². The predicted octanol–water partition coefficient (Wildman–Crippen LogP) is 6.47. The van der Waals surface area contributed by atoms with Gasteiger partial charge in [0.15, 0.2) is 0 Å². The van der Waals surface area contributed by atoms with E-state index < -0.39 is 6.09 Å². The highest BCUT2D eigenvalue weighted by atomic mass is 16.4. The van der Waals surface area contributed by atoms with Crippen LogP contribution in [0.15, 0.2) is 78.9 Å². The normalized spacial score (nSPS) is 19.3. The van der Waals surface area contributed by atoms with Gasteiger partial charge in [0.05, 0.1) is 6.04 Å². The SMILES string of the molecule is CCC(=O)N(c1ccccc1)[C@@H]1C[C@H](C)N(C(=O)c2ccc(C3CCN(C(=O)O)CC3)cc2)c2ccccc21. The topological polar surface area (TPSA) is 81.2 Å². The maximum absolute atomic E-state index is 13.9. The van der Waals surface area contributed by atoms with Crippen LogP contribution in [0, 0.1) is 0 Å². The molecule has 1 N–H and O–H groups in total. The molecule has 5 rings (SSSR count). The maximum atomic E-state index is 13.9. The summed E-state index contributed by atoms with van der Waals surface area (Å²) in [5.41, 5.74) is 4.42. The van der Waals surface area contributed by atoms with Crippen LogP contribution in [0.5, 0.6) is 0 Å². The second-order valence-electron chi connectivity index (χ2n) is 10.5. The second kappa shape index (κ2) is 11.3. The van der Waals surface area contributed by atoms with E-state index >= 15 is 0 Å². The quantitative estimate of drug-likeness (QED) is 0.414. The van der Waals surface area contributed by atoms with Crippen molar-refractivity contribution in [3.8, 4) is 0 Å². The summed E-state index contributed by atoms with van der Waals surface area (Å²) in [5.74, 6) is 0.284. The molecule has 0 bridgehead atoms. The number of carbonyl (C=O) groups excluding carboxylic acids is 2. The highest BCUT2D eigenvalue weighted by molar-refractivity contribution is 6.07. The minimum atomic E-state index is -0.862. The van der Waals surface area contributed by atoms with Crippen LogP contribution < -0.4 is 9.80 Å². The Bertz CT molecular complexity index is 1330. The van der Waals surface area contributed by atoms with Gasteiger partial charge in [0, 0.05) is 42.5 Å². The van der Waals surface area contributed by atoms with Crippen molar-refractivity contribution in [2.45, 2.75) is 57.5 Å². The van der Waals surface area contributed by atoms with E-state index in [1.54, 1.807) is 0 Å². The molecule has 3 amide bonds. The number of anilines is 2. The van der Waals surface area contributed by atoms with Crippen molar-refractivity contribution >= 4 is 29.3 Å². The zero-order valence-electron chi connectivity index (χ0n) is 22.5. The molecule has 0 aromatic heterocycles. The Morgan fingerprint density at radius 2 is 1.54 bits per heavy atom. The van der Waals surface area contributed by atoms with E-state index in [0.717, 1.165) is 35.3 Å². The molecule has 202 valence electrons. The number of likely N-dealkylation sites (tertiary alicyclic amines) is 1. The standard InChI is InChI=1S/C32H35N3O4/c1-3-30(36)35(26-9-5-4-6-10-26)29-21-22(2)34(28-12-8-7-11-27(28)29)31(37)25-15-13-23(14-16-25)24-17-19-33(20-18-24)32(38)39/h4-16,22,24,29H,3,17-21H2,1-2H3,(H,38,39)/t22-,29+/m0/s1. The van der Waals surface area contributed by atoms with Crippen molar-refractivity contribution in [1.82, 2.24) is 4.90 Å². The first-order valence-electron chi connectivity index (χ1n) is 13.8. The Labute approximate surface area is 229 Å². The van der Waals surface area contributed by atoms with Crippen LogP contribution in [0.2, 0.25) is 0 Å². The van der Waals surface area contributed by atoms with E-state index in [0.29, 0.717) is 37.4 Å². The summed E-state index contributed by atoms with van der Waals surface area (Å²) in [6, 6.07) is 25.2. The van der Waals surface area contributed by atoms with Gasteiger partial charge < -0.3 is 19.8 Å². The van der Waals surface area contributed by atoms with Gasteiger partial charge in [-0.25, -0.2) is 4.79 Å². The van der Waals surface area contributed by atoms with Gasteiger partial charge in [-0.1, -0.05) is 55.5 Å². The van der Waals surface area contributed by atoms with Gasteiger partial charge in [-0.05, 0) is 73.6 Å².